The second kappa shape index (κ2) is 14.0. The van der Waals surface area contributed by atoms with Crippen molar-refractivity contribution in [2.45, 2.75) is 70.0 Å². The van der Waals surface area contributed by atoms with Crippen molar-refractivity contribution in [1.82, 2.24) is 20.9 Å². The summed E-state index contributed by atoms with van der Waals surface area (Å²) in [5.41, 5.74) is 2.05. The van der Waals surface area contributed by atoms with Crippen LogP contribution >= 0.6 is 0 Å². The summed E-state index contributed by atoms with van der Waals surface area (Å²) in [5, 5.41) is 9.37. The Bertz CT molecular complexity index is 1080. The van der Waals surface area contributed by atoms with E-state index in [1.165, 1.54) is 0 Å². The van der Waals surface area contributed by atoms with Crippen molar-refractivity contribution < 1.29 is 19.1 Å². The third kappa shape index (κ3) is 7.34. The molecule has 3 atom stereocenters. The van der Waals surface area contributed by atoms with E-state index in [0.717, 1.165) is 42.6 Å². The second-order valence-corrected chi connectivity index (χ2v) is 10.1. The van der Waals surface area contributed by atoms with E-state index in [9.17, 15) is 14.4 Å². The van der Waals surface area contributed by atoms with Gasteiger partial charge in [-0.2, -0.15) is 0 Å². The Morgan fingerprint density at radius 1 is 0.921 bits per heavy atom. The van der Waals surface area contributed by atoms with Crippen LogP contribution in [0.3, 0.4) is 0 Å². The van der Waals surface area contributed by atoms with Gasteiger partial charge in [0.05, 0.1) is 6.04 Å². The number of nitrogens with zero attached hydrogens (tertiary/aromatic N) is 1. The van der Waals surface area contributed by atoms with Gasteiger partial charge in [-0.05, 0) is 49.3 Å². The number of aryl methyl sites for hydroxylation is 1. The lowest BCUT2D eigenvalue weighted by Gasteiger charge is -2.30. The summed E-state index contributed by atoms with van der Waals surface area (Å²) in [6, 6.07) is 15.9. The van der Waals surface area contributed by atoms with E-state index in [4.69, 9.17) is 4.74 Å². The molecule has 38 heavy (non-hydrogen) atoms. The number of ether oxygens (including phenoxy) is 1. The van der Waals surface area contributed by atoms with Crippen LogP contribution in [0.4, 0.5) is 0 Å². The fourth-order valence-electron chi connectivity index (χ4n) is 5.29. The van der Waals surface area contributed by atoms with Gasteiger partial charge in [-0.15, -0.1) is 0 Å². The van der Waals surface area contributed by atoms with Crippen LogP contribution < -0.4 is 20.7 Å². The van der Waals surface area contributed by atoms with Crippen LogP contribution in [0.2, 0.25) is 0 Å². The number of carbonyl (C=O) groups is 3. The summed E-state index contributed by atoms with van der Waals surface area (Å²) >= 11 is 0. The number of benzene rings is 2. The van der Waals surface area contributed by atoms with Gasteiger partial charge in [-0.25, -0.2) is 0 Å². The number of carbonyl (C=O) groups excluding carboxylic acids is 3. The summed E-state index contributed by atoms with van der Waals surface area (Å²) < 4.78 is 6.06. The molecule has 4 rings (SSSR count). The molecule has 0 bridgehead atoms. The van der Waals surface area contributed by atoms with E-state index in [0.29, 0.717) is 45.5 Å². The number of rotatable bonds is 4. The van der Waals surface area contributed by atoms with E-state index < -0.39 is 12.1 Å². The quantitative estimate of drug-likeness (QED) is 0.576. The number of hydrogen-bond donors (Lipinski definition) is 3. The molecular weight excluding hydrogens is 480 g/mol. The number of amides is 3. The molecule has 2 aliphatic heterocycles. The van der Waals surface area contributed by atoms with Crippen molar-refractivity contribution in [3.63, 3.8) is 0 Å². The highest BCUT2D eigenvalue weighted by molar-refractivity contribution is 5.93. The smallest absolute Gasteiger partial charge is 0.243 e. The maximum absolute atomic E-state index is 13.6. The minimum atomic E-state index is -0.721. The van der Waals surface area contributed by atoms with E-state index in [1.54, 1.807) is 4.90 Å². The lowest BCUT2D eigenvalue weighted by molar-refractivity contribution is -0.141. The van der Waals surface area contributed by atoms with Crippen molar-refractivity contribution >= 4 is 17.7 Å². The molecule has 0 saturated carbocycles. The summed E-state index contributed by atoms with van der Waals surface area (Å²) in [6.07, 6.45) is 4.77. The third-order valence-electron chi connectivity index (χ3n) is 7.27. The van der Waals surface area contributed by atoms with Crippen LogP contribution in [0, 0.1) is 0 Å². The van der Waals surface area contributed by atoms with E-state index >= 15 is 0 Å². The zero-order chi connectivity index (χ0) is 26.7. The average Bonchev–Trinajstić information content (AvgIpc) is 3.43. The Morgan fingerprint density at radius 3 is 2.53 bits per heavy atom. The topological polar surface area (TPSA) is 99.8 Å². The van der Waals surface area contributed by atoms with Gasteiger partial charge in [-0.3, -0.25) is 14.4 Å². The number of para-hydroxylation sites is 1. The SMILES string of the molecule is CCC[C@@H]1NCCOc2ccccc2CCCNC(=O)[C@H](Cc2ccccc2)NC(=O)C2CCCN2C1=O. The molecule has 2 aliphatic rings. The Labute approximate surface area is 225 Å². The maximum Gasteiger partial charge on any atom is 0.243 e. The van der Waals surface area contributed by atoms with Gasteiger partial charge >= 0.3 is 0 Å². The van der Waals surface area contributed by atoms with Crippen molar-refractivity contribution in [1.29, 1.82) is 0 Å². The Hall–Kier alpha value is -3.39. The third-order valence-corrected chi connectivity index (χ3v) is 7.27. The molecule has 1 saturated heterocycles. The molecule has 0 radical (unpaired) electrons. The fraction of sp³-hybridized carbons (Fsp3) is 0.500. The monoisotopic (exact) mass is 520 g/mol. The van der Waals surface area contributed by atoms with Gasteiger partial charge in [0.25, 0.3) is 0 Å². The zero-order valence-electron chi connectivity index (χ0n) is 22.3. The van der Waals surface area contributed by atoms with E-state index in [1.807, 2.05) is 61.5 Å². The van der Waals surface area contributed by atoms with Gasteiger partial charge in [0, 0.05) is 26.1 Å². The molecule has 2 heterocycles. The van der Waals surface area contributed by atoms with Crippen LogP contribution in [-0.4, -0.2) is 67.0 Å². The minimum Gasteiger partial charge on any atom is -0.492 e. The van der Waals surface area contributed by atoms with Crippen molar-refractivity contribution in [2.75, 3.05) is 26.2 Å². The van der Waals surface area contributed by atoms with Crippen molar-refractivity contribution in [2.24, 2.45) is 0 Å². The number of fused-ring (bicyclic) bond motifs is 2. The lowest BCUT2D eigenvalue weighted by Crippen LogP contribution is -2.56. The van der Waals surface area contributed by atoms with Crippen molar-refractivity contribution in [3.8, 4) is 5.75 Å². The Morgan fingerprint density at radius 2 is 1.71 bits per heavy atom. The first-order valence-corrected chi connectivity index (χ1v) is 13.9. The van der Waals surface area contributed by atoms with Gasteiger partial charge in [0.2, 0.25) is 17.7 Å². The van der Waals surface area contributed by atoms with Crippen LogP contribution in [0.1, 0.15) is 50.2 Å². The molecule has 3 N–H and O–H groups in total. The van der Waals surface area contributed by atoms with Crippen LogP contribution in [0.5, 0.6) is 5.75 Å². The molecular formula is C30H40N4O4. The number of hydrogen-bond acceptors (Lipinski definition) is 5. The summed E-state index contributed by atoms with van der Waals surface area (Å²) in [4.78, 5) is 42.0. The summed E-state index contributed by atoms with van der Waals surface area (Å²) in [6.45, 7) is 4.05. The fourth-order valence-corrected chi connectivity index (χ4v) is 5.29. The van der Waals surface area contributed by atoms with Crippen molar-refractivity contribution in [3.05, 3.63) is 65.7 Å². The van der Waals surface area contributed by atoms with Gasteiger partial charge < -0.3 is 25.6 Å². The van der Waals surface area contributed by atoms with Gasteiger partial charge in [-0.1, -0.05) is 61.9 Å². The maximum atomic E-state index is 13.6. The summed E-state index contributed by atoms with van der Waals surface area (Å²) in [5.74, 6) is 0.291. The predicted molar refractivity (Wildman–Crippen MR) is 147 cm³/mol. The molecule has 8 nitrogen and oxygen atoms in total. The van der Waals surface area contributed by atoms with E-state index in [2.05, 4.69) is 16.0 Å². The van der Waals surface area contributed by atoms with Gasteiger partial charge in [0.15, 0.2) is 0 Å². The Balaban J connectivity index is 1.56. The molecule has 0 aromatic heterocycles. The van der Waals surface area contributed by atoms with Crippen LogP contribution in [0.25, 0.3) is 0 Å². The second-order valence-electron chi connectivity index (χ2n) is 10.1. The molecule has 2 aromatic rings. The highest BCUT2D eigenvalue weighted by atomic mass is 16.5. The molecule has 204 valence electrons. The predicted octanol–water partition coefficient (Wildman–Crippen LogP) is 2.60. The number of nitrogens with one attached hydrogen (secondary N) is 3. The van der Waals surface area contributed by atoms with Crippen LogP contribution in [-0.2, 0) is 27.2 Å². The van der Waals surface area contributed by atoms with E-state index in [-0.39, 0.29) is 23.8 Å². The molecule has 1 unspecified atom stereocenters. The normalized spacial score (nSPS) is 23.8. The molecule has 0 aliphatic carbocycles. The first-order chi connectivity index (χ1) is 18.6. The lowest BCUT2D eigenvalue weighted by atomic mass is 10.0. The standard InChI is InChI=1S/C30H40N4O4/c1-2-10-24-30(37)34-19-9-15-26(34)29(36)33-25(21-22-11-4-3-5-12-22)28(35)32-17-8-14-23-13-6-7-16-27(23)38-20-18-31-24/h3-7,11-13,16,24-26,31H,2,8-10,14-15,17-21H2,1H3,(H,32,35)(H,33,36)/t24-,25-,26?/m0/s1. The largest absolute Gasteiger partial charge is 0.492 e. The zero-order valence-corrected chi connectivity index (χ0v) is 22.3. The molecule has 1 fully saturated rings. The first kappa shape index (κ1) is 27.6. The molecule has 2 aromatic carbocycles. The average molecular weight is 521 g/mol. The Kier molecular flexibility index (Phi) is 10.1. The summed E-state index contributed by atoms with van der Waals surface area (Å²) in [7, 11) is 0. The minimum absolute atomic E-state index is 0.0601. The van der Waals surface area contributed by atoms with Crippen LogP contribution in [0.15, 0.2) is 54.6 Å². The molecule has 8 heteroatoms. The van der Waals surface area contributed by atoms with Gasteiger partial charge in [0.1, 0.15) is 24.4 Å². The highest BCUT2D eigenvalue weighted by Crippen LogP contribution is 2.21. The molecule has 0 spiro atoms. The highest BCUT2D eigenvalue weighted by Gasteiger charge is 2.38. The molecule has 3 amide bonds. The first-order valence-electron chi connectivity index (χ1n) is 13.9.